The van der Waals surface area contributed by atoms with Crippen LogP contribution in [0.1, 0.15) is 38.6 Å². The lowest BCUT2D eigenvalue weighted by Gasteiger charge is -2.20. The van der Waals surface area contributed by atoms with E-state index in [0.717, 1.165) is 21.9 Å². The molecule has 2 N–H and O–H groups in total. The molecular weight excluding hydrogens is 234 g/mol. The lowest BCUT2D eigenvalue weighted by molar-refractivity contribution is 0.482. The normalized spacial score (nSPS) is 16.7. The Balaban J connectivity index is 2.31. The monoisotopic (exact) mass is 249 g/mol. The topological polar surface area (TPSA) is 43.8 Å². The number of hydrogen-bond donors (Lipinski definition) is 1. The highest BCUT2D eigenvalue weighted by atomic mass is 35.5. The van der Waals surface area contributed by atoms with Crippen molar-refractivity contribution in [1.82, 2.24) is 9.55 Å². The Kier molecular flexibility index (Phi) is 2.25. The smallest absolute Gasteiger partial charge is 0.129 e. The van der Waals surface area contributed by atoms with Crippen LogP contribution in [0.3, 0.4) is 0 Å². The van der Waals surface area contributed by atoms with Crippen LogP contribution in [-0.4, -0.2) is 9.55 Å². The zero-order valence-electron chi connectivity index (χ0n) is 10.1. The van der Waals surface area contributed by atoms with Crippen LogP contribution in [0, 0.1) is 0 Å². The predicted molar refractivity (Wildman–Crippen MR) is 70.2 cm³/mol. The average Bonchev–Trinajstić information content (AvgIpc) is 2.98. The van der Waals surface area contributed by atoms with Gasteiger partial charge in [-0.2, -0.15) is 0 Å². The van der Waals surface area contributed by atoms with Crippen LogP contribution in [0.25, 0.3) is 11.0 Å². The highest BCUT2D eigenvalue weighted by Crippen LogP contribution is 2.40. The van der Waals surface area contributed by atoms with Crippen molar-refractivity contribution in [2.75, 3.05) is 0 Å². The molecule has 4 heteroatoms. The lowest BCUT2D eigenvalue weighted by Crippen LogP contribution is -2.32. The molecule has 3 rings (SSSR count). The number of nitrogens with two attached hydrogens (primary N) is 1. The molecule has 1 aliphatic rings. The number of benzene rings is 1. The molecule has 2 aromatic rings. The molecule has 1 saturated carbocycles. The first kappa shape index (κ1) is 11.1. The summed E-state index contributed by atoms with van der Waals surface area (Å²) >= 11 is 6.07. The largest absolute Gasteiger partial charge is 0.323 e. The fourth-order valence-electron chi connectivity index (χ4n) is 2.22. The summed E-state index contributed by atoms with van der Waals surface area (Å²) in [6.07, 6.45) is 2.42. The maximum absolute atomic E-state index is 6.21. The van der Waals surface area contributed by atoms with Gasteiger partial charge in [0.1, 0.15) is 5.82 Å². The van der Waals surface area contributed by atoms with Gasteiger partial charge in [0.05, 0.1) is 16.6 Å². The molecule has 0 radical (unpaired) electrons. The number of nitrogens with zero attached hydrogens (tertiary/aromatic N) is 2. The summed E-state index contributed by atoms with van der Waals surface area (Å²) in [5, 5.41) is 0.751. The lowest BCUT2D eigenvalue weighted by atomic mass is 10.1. The van der Waals surface area contributed by atoms with Crippen molar-refractivity contribution in [3.63, 3.8) is 0 Å². The summed E-state index contributed by atoms with van der Waals surface area (Å²) < 4.78 is 2.27. The molecule has 17 heavy (non-hydrogen) atoms. The molecule has 0 bridgehead atoms. The molecular formula is C13H16ClN3. The Morgan fingerprint density at radius 3 is 2.71 bits per heavy atom. The molecule has 0 saturated heterocycles. The van der Waals surface area contributed by atoms with Crippen LogP contribution >= 0.6 is 11.6 Å². The molecule has 1 aromatic carbocycles. The Hall–Kier alpha value is -1.06. The van der Waals surface area contributed by atoms with E-state index in [4.69, 9.17) is 17.3 Å². The number of imidazole rings is 1. The van der Waals surface area contributed by atoms with Crippen molar-refractivity contribution >= 4 is 22.6 Å². The number of aromatic nitrogens is 2. The summed E-state index contributed by atoms with van der Waals surface area (Å²) in [4.78, 5) is 4.67. The van der Waals surface area contributed by atoms with Gasteiger partial charge in [0.25, 0.3) is 0 Å². The van der Waals surface area contributed by atoms with Crippen molar-refractivity contribution in [2.45, 2.75) is 38.3 Å². The molecule has 0 amide bonds. The molecule has 1 fully saturated rings. The van der Waals surface area contributed by atoms with Gasteiger partial charge in [-0.25, -0.2) is 4.98 Å². The fraction of sp³-hybridized carbons (Fsp3) is 0.462. The van der Waals surface area contributed by atoms with Gasteiger partial charge in [0.15, 0.2) is 0 Å². The van der Waals surface area contributed by atoms with Crippen LogP contribution in [0.2, 0.25) is 5.02 Å². The number of halogens is 1. The second kappa shape index (κ2) is 3.47. The number of rotatable bonds is 2. The van der Waals surface area contributed by atoms with E-state index >= 15 is 0 Å². The Morgan fingerprint density at radius 1 is 1.41 bits per heavy atom. The molecule has 1 aromatic heterocycles. The summed E-state index contributed by atoms with van der Waals surface area (Å²) in [5.74, 6) is 0.956. The van der Waals surface area contributed by atoms with E-state index in [1.54, 1.807) is 0 Å². The zero-order chi connectivity index (χ0) is 12.2. The van der Waals surface area contributed by atoms with E-state index in [9.17, 15) is 0 Å². The van der Waals surface area contributed by atoms with Crippen LogP contribution in [0.15, 0.2) is 18.2 Å². The van der Waals surface area contributed by atoms with Crippen molar-refractivity contribution in [3.8, 4) is 0 Å². The third kappa shape index (κ3) is 1.83. The van der Waals surface area contributed by atoms with E-state index in [1.165, 1.54) is 12.8 Å². The molecule has 0 aliphatic heterocycles. The minimum absolute atomic E-state index is 0.423. The van der Waals surface area contributed by atoms with Crippen molar-refractivity contribution in [3.05, 3.63) is 29.0 Å². The average molecular weight is 250 g/mol. The summed E-state index contributed by atoms with van der Waals surface area (Å²) in [7, 11) is 0. The summed E-state index contributed by atoms with van der Waals surface area (Å²) in [6, 6.07) is 6.38. The van der Waals surface area contributed by atoms with Crippen molar-refractivity contribution < 1.29 is 0 Å². The second-order valence-electron chi connectivity index (χ2n) is 5.39. The van der Waals surface area contributed by atoms with E-state index < -0.39 is 5.54 Å². The quantitative estimate of drug-likeness (QED) is 0.888. The van der Waals surface area contributed by atoms with Gasteiger partial charge < -0.3 is 10.3 Å². The van der Waals surface area contributed by atoms with E-state index in [1.807, 2.05) is 32.0 Å². The third-order valence-corrected chi connectivity index (χ3v) is 3.37. The highest BCUT2D eigenvalue weighted by Gasteiger charge is 2.32. The standard InChI is InChI=1S/C13H16ClN3/c1-13(2,15)12-16-10-6-3-8(14)7-11(10)17(12)9-4-5-9/h3,6-7,9H,4-5,15H2,1-2H3. The SMILES string of the molecule is CC(C)(N)c1nc2ccc(Cl)cc2n1C1CC1. The van der Waals surface area contributed by atoms with E-state index in [-0.39, 0.29) is 0 Å². The van der Waals surface area contributed by atoms with Gasteiger partial charge in [0, 0.05) is 11.1 Å². The van der Waals surface area contributed by atoms with Gasteiger partial charge in [-0.15, -0.1) is 0 Å². The van der Waals surface area contributed by atoms with Gasteiger partial charge in [0.2, 0.25) is 0 Å². The summed E-state index contributed by atoms with van der Waals surface area (Å²) in [6.45, 7) is 3.99. The van der Waals surface area contributed by atoms with Crippen molar-refractivity contribution in [1.29, 1.82) is 0 Å². The van der Waals surface area contributed by atoms with Crippen LogP contribution in [-0.2, 0) is 5.54 Å². The molecule has 0 unspecified atom stereocenters. The van der Waals surface area contributed by atoms with Crippen LogP contribution < -0.4 is 5.73 Å². The molecule has 0 spiro atoms. The Labute approximate surface area is 106 Å². The second-order valence-corrected chi connectivity index (χ2v) is 5.83. The van der Waals surface area contributed by atoms with Gasteiger partial charge in [-0.1, -0.05) is 11.6 Å². The number of hydrogen-bond acceptors (Lipinski definition) is 2. The molecule has 3 nitrogen and oxygen atoms in total. The van der Waals surface area contributed by atoms with E-state index in [0.29, 0.717) is 6.04 Å². The minimum atomic E-state index is -0.423. The number of fused-ring (bicyclic) bond motifs is 1. The molecule has 0 atom stereocenters. The zero-order valence-corrected chi connectivity index (χ0v) is 10.8. The predicted octanol–water partition coefficient (Wildman–Crippen LogP) is 3.22. The maximum atomic E-state index is 6.21. The van der Waals surface area contributed by atoms with Crippen LogP contribution in [0.5, 0.6) is 0 Å². The van der Waals surface area contributed by atoms with Gasteiger partial charge in [-0.05, 0) is 44.9 Å². The fourth-order valence-corrected chi connectivity index (χ4v) is 2.39. The van der Waals surface area contributed by atoms with Crippen LogP contribution in [0.4, 0.5) is 0 Å². The van der Waals surface area contributed by atoms with Crippen molar-refractivity contribution in [2.24, 2.45) is 5.73 Å². The molecule has 1 heterocycles. The first-order valence-electron chi connectivity index (χ1n) is 5.93. The highest BCUT2D eigenvalue weighted by molar-refractivity contribution is 6.31. The third-order valence-electron chi connectivity index (χ3n) is 3.14. The first-order valence-corrected chi connectivity index (χ1v) is 6.31. The van der Waals surface area contributed by atoms with Gasteiger partial charge >= 0.3 is 0 Å². The maximum Gasteiger partial charge on any atom is 0.129 e. The molecule has 1 aliphatic carbocycles. The molecule has 90 valence electrons. The minimum Gasteiger partial charge on any atom is -0.323 e. The first-order chi connectivity index (χ1) is 7.97. The summed E-state index contributed by atoms with van der Waals surface area (Å²) in [5.41, 5.74) is 7.87. The van der Waals surface area contributed by atoms with Gasteiger partial charge in [-0.3, -0.25) is 0 Å². The Morgan fingerprint density at radius 2 is 2.12 bits per heavy atom. The Bertz CT molecular complexity index is 576. The van der Waals surface area contributed by atoms with E-state index in [2.05, 4.69) is 9.55 Å².